The zero-order chi connectivity index (χ0) is 30.5. The summed E-state index contributed by atoms with van der Waals surface area (Å²) in [6.07, 6.45) is 0. The molecule has 8 aromatic rings. The first-order chi connectivity index (χ1) is 22.1. The summed E-state index contributed by atoms with van der Waals surface area (Å²) in [4.78, 5) is 20.4. The van der Waals surface area contributed by atoms with Gasteiger partial charge in [0, 0.05) is 35.8 Å². The fraction of sp³-hybridized carbons (Fsp3) is 0.100. The Morgan fingerprint density at radius 3 is 2.00 bits per heavy atom. The molecule has 45 heavy (non-hydrogen) atoms. The number of anilines is 1. The van der Waals surface area contributed by atoms with Crippen LogP contribution in [-0.2, 0) is 0 Å². The zero-order valence-electron chi connectivity index (χ0n) is 25.1. The number of aromatic nitrogens is 1. The summed E-state index contributed by atoms with van der Waals surface area (Å²) in [6, 6.07) is 42.4. The van der Waals surface area contributed by atoms with Crippen molar-refractivity contribution in [3.8, 4) is 32.8 Å². The molecule has 0 atom stereocenters. The fourth-order valence-electron chi connectivity index (χ4n) is 6.56. The standard InChI is InChI=1S/C40H30N2O2S/c1-3-42(4-2)36-24-37-26(23-34(40(43)44-37)39-41-35-18-9-10-19-38(35)45-39)22-33(36)32-21-20-31(29-15-7-8-16-30(29)32)28-17-11-13-25-12-5-6-14-27(25)28/h5-24H,3-4H2,1-2H3. The lowest BCUT2D eigenvalue weighted by atomic mass is 9.89. The molecule has 2 aromatic heterocycles. The first kappa shape index (κ1) is 27.3. The van der Waals surface area contributed by atoms with Gasteiger partial charge in [-0.15, -0.1) is 11.3 Å². The van der Waals surface area contributed by atoms with Crippen molar-refractivity contribution in [2.75, 3.05) is 18.0 Å². The van der Waals surface area contributed by atoms with Crippen molar-refractivity contribution in [3.63, 3.8) is 0 Å². The van der Waals surface area contributed by atoms with Crippen LogP contribution in [0.3, 0.4) is 0 Å². The van der Waals surface area contributed by atoms with Gasteiger partial charge in [-0.05, 0) is 76.3 Å². The minimum absolute atomic E-state index is 0.371. The van der Waals surface area contributed by atoms with Crippen LogP contribution in [-0.4, -0.2) is 18.1 Å². The molecule has 0 radical (unpaired) electrons. The summed E-state index contributed by atoms with van der Waals surface area (Å²) in [5, 5.41) is 6.39. The molecule has 0 saturated carbocycles. The van der Waals surface area contributed by atoms with Crippen molar-refractivity contribution < 1.29 is 4.42 Å². The molecule has 6 aromatic carbocycles. The maximum Gasteiger partial charge on any atom is 0.346 e. The number of rotatable bonds is 6. The molecule has 0 amide bonds. The highest BCUT2D eigenvalue weighted by molar-refractivity contribution is 7.21. The van der Waals surface area contributed by atoms with E-state index in [4.69, 9.17) is 9.40 Å². The number of hydrogen-bond donors (Lipinski definition) is 0. The molecule has 218 valence electrons. The van der Waals surface area contributed by atoms with Gasteiger partial charge in [-0.3, -0.25) is 0 Å². The molecular weight excluding hydrogens is 573 g/mol. The zero-order valence-corrected chi connectivity index (χ0v) is 25.9. The number of fused-ring (bicyclic) bond motifs is 4. The van der Waals surface area contributed by atoms with E-state index in [9.17, 15) is 4.79 Å². The summed E-state index contributed by atoms with van der Waals surface area (Å²) in [6.45, 7) is 5.97. The molecule has 0 aliphatic carbocycles. The normalized spacial score (nSPS) is 11.6. The van der Waals surface area contributed by atoms with E-state index in [2.05, 4.69) is 104 Å². The maximum absolute atomic E-state index is 13.3. The number of hydrogen-bond acceptors (Lipinski definition) is 5. The molecule has 0 spiro atoms. The Labute approximate surface area is 264 Å². The van der Waals surface area contributed by atoms with Gasteiger partial charge in [0.1, 0.15) is 10.6 Å². The number of nitrogens with zero attached hydrogens (tertiary/aromatic N) is 2. The molecule has 8 rings (SSSR count). The van der Waals surface area contributed by atoms with E-state index in [1.54, 1.807) is 0 Å². The summed E-state index contributed by atoms with van der Waals surface area (Å²) < 4.78 is 7.05. The van der Waals surface area contributed by atoms with Crippen LogP contribution in [0.5, 0.6) is 0 Å². The SMILES string of the molecule is CCN(CC)c1cc2oc(=O)c(-c3nc4ccccc4s3)cc2cc1-c1ccc(-c2cccc3ccccc23)c2ccccc12. The Hall–Kier alpha value is -5.26. The summed E-state index contributed by atoms with van der Waals surface area (Å²) in [7, 11) is 0. The van der Waals surface area contributed by atoms with E-state index in [0.717, 1.165) is 45.5 Å². The van der Waals surface area contributed by atoms with Crippen LogP contribution in [0.15, 0.2) is 131 Å². The highest BCUT2D eigenvalue weighted by Gasteiger charge is 2.20. The molecule has 0 N–H and O–H groups in total. The molecule has 0 fully saturated rings. The van der Waals surface area contributed by atoms with Crippen LogP contribution in [0.4, 0.5) is 5.69 Å². The van der Waals surface area contributed by atoms with Gasteiger partial charge in [0.2, 0.25) is 0 Å². The number of para-hydroxylation sites is 1. The summed E-state index contributed by atoms with van der Waals surface area (Å²) in [5.74, 6) is 0. The molecule has 0 aliphatic rings. The molecule has 4 nitrogen and oxygen atoms in total. The van der Waals surface area contributed by atoms with Gasteiger partial charge in [-0.1, -0.05) is 91.0 Å². The van der Waals surface area contributed by atoms with Crippen molar-refractivity contribution in [1.82, 2.24) is 4.98 Å². The van der Waals surface area contributed by atoms with Crippen molar-refractivity contribution in [2.24, 2.45) is 0 Å². The highest BCUT2D eigenvalue weighted by atomic mass is 32.1. The second kappa shape index (κ2) is 11.0. The van der Waals surface area contributed by atoms with Crippen LogP contribution < -0.4 is 10.5 Å². The lowest BCUT2D eigenvalue weighted by Crippen LogP contribution is -2.22. The van der Waals surface area contributed by atoms with Crippen LogP contribution in [0.2, 0.25) is 0 Å². The minimum Gasteiger partial charge on any atom is -0.422 e. The molecule has 2 heterocycles. The monoisotopic (exact) mass is 602 g/mol. The van der Waals surface area contributed by atoms with Crippen LogP contribution in [0, 0.1) is 0 Å². The largest absolute Gasteiger partial charge is 0.422 e. The van der Waals surface area contributed by atoms with Gasteiger partial charge < -0.3 is 9.32 Å². The quantitative estimate of drug-likeness (QED) is 0.178. The maximum atomic E-state index is 13.3. The Balaban J connectivity index is 1.37. The molecule has 0 aliphatic heterocycles. The van der Waals surface area contributed by atoms with Gasteiger partial charge in [-0.25, -0.2) is 9.78 Å². The second-order valence-electron chi connectivity index (χ2n) is 11.2. The Morgan fingerprint density at radius 2 is 1.24 bits per heavy atom. The smallest absolute Gasteiger partial charge is 0.346 e. The van der Waals surface area contributed by atoms with Gasteiger partial charge in [0.15, 0.2) is 0 Å². The third-order valence-electron chi connectivity index (χ3n) is 8.77. The third kappa shape index (κ3) is 4.59. The predicted octanol–water partition coefficient (Wildman–Crippen LogP) is 10.6. The van der Waals surface area contributed by atoms with E-state index >= 15 is 0 Å². The molecule has 0 unspecified atom stereocenters. The fourth-order valence-corrected chi connectivity index (χ4v) is 7.53. The number of benzene rings is 6. The van der Waals surface area contributed by atoms with Crippen molar-refractivity contribution in [2.45, 2.75) is 13.8 Å². The molecule has 0 bridgehead atoms. The van der Waals surface area contributed by atoms with Gasteiger partial charge >= 0.3 is 5.63 Å². The van der Waals surface area contributed by atoms with Crippen LogP contribution in [0.1, 0.15) is 13.8 Å². The van der Waals surface area contributed by atoms with Gasteiger partial charge in [0.05, 0.1) is 15.8 Å². The third-order valence-corrected chi connectivity index (χ3v) is 9.84. The second-order valence-corrected chi connectivity index (χ2v) is 12.3. The van der Waals surface area contributed by atoms with E-state index < -0.39 is 0 Å². The van der Waals surface area contributed by atoms with Gasteiger partial charge in [0.25, 0.3) is 0 Å². The average Bonchev–Trinajstić information content (AvgIpc) is 3.52. The molecular formula is C40H30N2O2S. The molecule has 5 heteroatoms. The first-order valence-corrected chi connectivity index (χ1v) is 16.2. The minimum atomic E-state index is -0.371. The van der Waals surface area contributed by atoms with E-state index in [1.807, 2.05) is 36.4 Å². The first-order valence-electron chi connectivity index (χ1n) is 15.4. The Bertz CT molecular complexity index is 2410. The number of thiazole rings is 1. The lowest BCUT2D eigenvalue weighted by molar-refractivity contribution is 0.563. The Morgan fingerprint density at radius 1 is 0.622 bits per heavy atom. The van der Waals surface area contributed by atoms with Crippen LogP contribution >= 0.6 is 11.3 Å². The predicted molar refractivity (Wildman–Crippen MR) is 191 cm³/mol. The lowest BCUT2D eigenvalue weighted by Gasteiger charge is -2.25. The van der Waals surface area contributed by atoms with Crippen LogP contribution in [0.25, 0.3) is 75.6 Å². The van der Waals surface area contributed by atoms with E-state index in [-0.39, 0.29) is 5.63 Å². The highest BCUT2D eigenvalue weighted by Crippen LogP contribution is 2.43. The van der Waals surface area contributed by atoms with Gasteiger partial charge in [-0.2, -0.15) is 0 Å². The van der Waals surface area contributed by atoms with E-state index in [0.29, 0.717) is 16.2 Å². The topological polar surface area (TPSA) is 46.3 Å². The molecule has 0 saturated heterocycles. The summed E-state index contributed by atoms with van der Waals surface area (Å²) >= 11 is 1.51. The Kier molecular flexibility index (Phi) is 6.69. The van der Waals surface area contributed by atoms with Crippen molar-refractivity contribution in [3.05, 3.63) is 132 Å². The average molecular weight is 603 g/mol. The summed E-state index contributed by atoms with van der Waals surface area (Å²) in [5.41, 5.74) is 7.31. The van der Waals surface area contributed by atoms with Crippen molar-refractivity contribution >= 4 is 59.8 Å². The van der Waals surface area contributed by atoms with Crippen molar-refractivity contribution in [1.29, 1.82) is 0 Å². The van der Waals surface area contributed by atoms with E-state index in [1.165, 1.54) is 44.0 Å².